The van der Waals surface area contributed by atoms with E-state index >= 15 is 0 Å². The van der Waals surface area contributed by atoms with E-state index in [4.69, 9.17) is 4.74 Å². The molecule has 1 amide bonds. The maximum Gasteiger partial charge on any atom is 0.249 e. The third-order valence-electron chi connectivity index (χ3n) is 4.09. The number of benzene rings is 1. The number of hydrogen-bond acceptors (Lipinski definition) is 3. The summed E-state index contributed by atoms with van der Waals surface area (Å²) in [6.45, 7) is 2.69. The van der Waals surface area contributed by atoms with Gasteiger partial charge in [0.1, 0.15) is 12.4 Å². The number of piperidine rings is 1. The predicted molar refractivity (Wildman–Crippen MR) is 72.6 cm³/mol. The molecule has 1 N–H and O–H groups in total. The molecule has 0 aromatic heterocycles. The zero-order chi connectivity index (χ0) is 14.0. The largest absolute Gasteiger partial charge is 0.362 e. The Bertz CT molecular complexity index is 500. The zero-order valence-electron chi connectivity index (χ0n) is 11.4. The number of nitrogens with one attached hydrogen (secondary N) is 1. The SMILES string of the molecule is O=C1COC2(CCCNC2)CN1Cc1ccccc1F. The van der Waals surface area contributed by atoms with E-state index in [0.29, 0.717) is 18.7 Å². The quantitative estimate of drug-likeness (QED) is 0.887. The van der Waals surface area contributed by atoms with Crippen LogP contribution in [0.3, 0.4) is 0 Å². The first-order chi connectivity index (χ1) is 9.69. The summed E-state index contributed by atoms with van der Waals surface area (Å²) in [6.07, 6.45) is 1.99. The Balaban J connectivity index is 1.74. The molecule has 0 saturated carbocycles. The number of amides is 1. The summed E-state index contributed by atoms with van der Waals surface area (Å²) in [4.78, 5) is 13.7. The third-order valence-corrected chi connectivity index (χ3v) is 4.09. The predicted octanol–water partition coefficient (Wildman–Crippen LogP) is 1.31. The molecule has 4 nitrogen and oxygen atoms in total. The van der Waals surface area contributed by atoms with Gasteiger partial charge in [0.25, 0.3) is 0 Å². The van der Waals surface area contributed by atoms with Crippen molar-refractivity contribution < 1.29 is 13.9 Å². The minimum Gasteiger partial charge on any atom is -0.362 e. The Hall–Kier alpha value is -1.46. The van der Waals surface area contributed by atoms with Gasteiger partial charge in [-0.3, -0.25) is 4.79 Å². The van der Waals surface area contributed by atoms with Gasteiger partial charge < -0.3 is 15.0 Å². The molecule has 1 spiro atoms. The normalized spacial score (nSPS) is 27.1. The molecule has 0 radical (unpaired) electrons. The summed E-state index contributed by atoms with van der Waals surface area (Å²) in [5, 5.41) is 3.32. The summed E-state index contributed by atoms with van der Waals surface area (Å²) in [6, 6.07) is 6.61. The summed E-state index contributed by atoms with van der Waals surface area (Å²) in [5.41, 5.74) is 0.263. The van der Waals surface area contributed by atoms with E-state index in [2.05, 4.69) is 5.32 Å². The molecule has 1 aromatic rings. The van der Waals surface area contributed by atoms with E-state index < -0.39 is 0 Å². The minimum absolute atomic E-state index is 0.0653. The molecule has 2 aliphatic heterocycles. The van der Waals surface area contributed by atoms with Crippen molar-refractivity contribution in [2.24, 2.45) is 0 Å². The Labute approximate surface area is 117 Å². The van der Waals surface area contributed by atoms with E-state index in [1.54, 1.807) is 23.1 Å². The number of halogens is 1. The summed E-state index contributed by atoms with van der Waals surface area (Å²) >= 11 is 0. The fourth-order valence-corrected chi connectivity index (χ4v) is 2.96. The second kappa shape index (κ2) is 5.50. The van der Waals surface area contributed by atoms with E-state index in [0.717, 1.165) is 25.9 Å². The lowest BCUT2D eigenvalue weighted by atomic mass is 9.91. The molecule has 108 valence electrons. The van der Waals surface area contributed by atoms with Crippen molar-refractivity contribution in [3.63, 3.8) is 0 Å². The van der Waals surface area contributed by atoms with Gasteiger partial charge in [0.05, 0.1) is 12.1 Å². The van der Waals surface area contributed by atoms with Crippen molar-refractivity contribution in [3.8, 4) is 0 Å². The van der Waals surface area contributed by atoms with Crippen LogP contribution in [0.4, 0.5) is 4.39 Å². The second-order valence-corrected chi connectivity index (χ2v) is 5.59. The van der Waals surface area contributed by atoms with Crippen LogP contribution in [0, 0.1) is 5.82 Å². The Kier molecular flexibility index (Phi) is 3.72. The molecule has 1 unspecified atom stereocenters. The highest BCUT2D eigenvalue weighted by Crippen LogP contribution is 2.27. The molecular formula is C15H19FN2O2. The highest BCUT2D eigenvalue weighted by Gasteiger charge is 2.40. The van der Waals surface area contributed by atoms with Crippen LogP contribution in [0.1, 0.15) is 18.4 Å². The summed E-state index contributed by atoms with van der Waals surface area (Å²) < 4.78 is 19.5. The standard InChI is InChI=1S/C15H19FN2O2/c16-13-5-2-1-4-12(13)8-18-11-15(20-9-14(18)19)6-3-7-17-10-15/h1-2,4-5,17H,3,6-11H2. The number of morpholine rings is 1. The van der Waals surface area contributed by atoms with Crippen molar-refractivity contribution in [3.05, 3.63) is 35.6 Å². The molecule has 2 aliphatic rings. The topological polar surface area (TPSA) is 41.6 Å². The average molecular weight is 278 g/mol. The molecule has 0 bridgehead atoms. The van der Waals surface area contributed by atoms with Crippen LogP contribution in [0.25, 0.3) is 0 Å². The van der Waals surface area contributed by atoms with E-state index in [9.17, 15) is 9.18 Å². The van der Waals surface area contributed by atoms with Gasteiger partial charge in [-0.1, -0.05) is 18.2 Å². The third kappa shape index (κ3) is 2.69. The van der Waals surface area contributed by atoms with Crippen LogP contribution >= 0.6 is 0 Å². The van der Waals surface area contributed by atoms with Crippen molar-refractivity contribution in [2.45, 2.75) is 25.0 Å². The maximum absolute atomic E-state index is 13.7. The lowest BCUT2D eigenvalue weighted by Gasteiger charge is -2.44. The number of hydrogen-bond donors (Lipinski definition) is 1. The fraction of sp³-hybridized carbons (Fsp3) is 0.533. The molecule has 2 saturated heterocycles. The molecule has 3 rings (SSSR count). The Morgan fingerprint density at radius 1 is 1.40 bits per heavy atom. The van der Waals surface area contributed by atoms with Gasteiger partial charge in [0.15, 0.2) is 0 Å². The second-order valence-electron chi connectivity index (χ2n) is 5.59. The number of nitrogens with zero attached hydrogens (tertiary/aromatic N) is 1. The summed E-state index contributed by atoms with van der Waals surface area (Å²) in [7, 11) is 0. The van der Waals surface area contributed by atoms with Gasteiger partial charge in [-0.25, -0.2) is 4.39 Å². The van der Waals surface area contributed by atoms with Gasteiger partial charge in [0.2, 0.25) is 5.91 Å². The van der Waals surface area contributed by atoms with Crippen LogP contribution in [0.15, 0.2) is 24.3 Å². The lowest BCUT2D eigenvalue weighted by Crippen LogP contribution is -2.60. The van der Waals surface area contributed by atoms with Crippen LogP contribution in [0.2, 0.25) is 0 Å². The number of ether oxygens (including phenoxy) is 1. The smallest absolute Gasteiger partial charge is 0.249 e. The van der Waals surface area contributed by atoms with E-state index in [-0.39, 0.29) is 23.9 Å². The van der Waals surface area contributed by atoms with Gasteiger partial charge in [0, 0.05) is 18.7 Å². The molecule has 2 heterocycles. The highest BCUT2D eigenvalue weighted by atomic mass is 19.1. The number of carbonyl (C=O) groups is 1. The molecule has 0 aliphatic carbocycles. The first-order valence-electron chi connectivity index (χ1n) is 7.04. The molecule has 1 aromatic carbocycles. The van der Waals surface area contributed by atoms with Crippen LogP contribution in [0.5, 0.6) is 0 Å². The van der Waals surface area contributed by atoms with Gasteiger partial charge in [-0.05, 0) is 25.5 Å². The number of rotatable bonds is 2. The molecule has 20 heavy (non-hydrogen) atoms. The maximum atomic E-state index is 13.7. The summed E-state index contributed by atoms with van der Waals surface area (Å²) in [5.74, 6) is -0.327. The van der Waals surface area contributed by atoms with Crippen LogP contribution in [-0.4, -0.2) is 42.6 Å². The minimum atomic E-state index is -0.294. The zero-order valence-corrected chi connectivity index (χ0v) is 11.4. The van der Waals surface area contributed by atoms with E-state index in [1.165, 1.54) is 6.07 Å². The van der Waals surface area contributed by atoms with Crippen molar-refractivity contribution in [2.75, 3.05) is 26.2 Å². The first kappa shape index (κ1) is 13.5. The van der Waals surface area contributed by atoms with Crippen LogP contribution in [-0.2, 0) is 16.1 Å². The van der Waals surface area contributed by atoms with Gasteiger partial charge in [-0.15, -0.1) is 0 Å². The molecule has 2 fully saturated rings. The Morgan fingerprint density at radius 2 is 2.25 bits per heavy atom. The van der Waals surface area contributed by atoms with Crippen LogP contribution < -0.4 is 5.32 Å². The number of carbonyl (C=O) groups excluding carboxylic acids is 1. The molecule has 5 heteroatoms. The monoisotopic (exact) mass is 278 g/mol. The van der Waals surface area contributed by atoms with Crippen molar-refractivity contribution >= 4 is 5.91 Å². The first-order valence-corrected chi connectivity index (χ1v) is 7.04. The lowest BCUT2D eigenvalue weighted by molar-refractivity contribution is -0.167. The molecular weight excluding hydrogens is 259 g/mol. The highest BCUT2D eigenvalue weighted by molar-refractivity contribution is 5.78. The average Bonchev–Trinajstić information content (AvgIpc) is 2.47. The van der Waals surface area contributed by atoms with E-state index in [1.807, 2.05) is 0 Å². The van der Waals surface area contributed by atoms with Crippen molar-refractivity contribution in [1.82, 2.24) is 10.2 Å². The van der Waals surface area contributed by atoms with Gasteiger partial charge >= 0.3 is 0 Å². The fourth-order valence-electron chi connectivity index (χ4n) is 2.96. The van der Waals surface area contributed by atoms with Gasteiger partial charge in [-0.2, -0.15) is 0 Å². The Morgan fingerprint density at radius 3 is 3.00 bits per heavy atom. The van der Waals surface area contributed by atoms with Crippen molar-refractivity contribution in [1.29, 1.82) is 0 Å². The molecule has 1 atom stereocenters.